The highest BCUT2D eigenvalue weighted by Gasteiger charge is 2.28. The molecule has 6 heteroatoms. The van der Waals surface area contributed by atoms with Crippen LogP contribution in [0, 0.1) is 6.92 Å². The van der Waals surface area contributed by atoms with Crippen molar-refractivity contribution < 1.29 is 4.79 Å². The van der Waals surface area contributed by atoms with Gasteiger partial charge in [-0.1, -0.05) is 30.6 Å². The maximum atomic E-state index is 12.7. The fourth-order valence-corrected chi connectivity index (χ4v) is 3.30. The molecule has 1 aromatic heterocycles. The number of carbonyl (C=O) groups is 1. The highest BCUT2D eigenvalue weighted by atomic mass is 32.1. The van der Waals surface area contributed by atoms with Crippen molar-refractivity contribution in [1.29, 1.82) is 0 Å². The predicted octanol–water partition coefficient (Wildman–Crippen LogP) is 2.18. The summed E-state index contributed by atoms with van der Waals surface area (Å²) in [5, 5.41) is 9.38. The molecule has 112 valence electrons. The van der Waals surface area contributed by atoms with Crippen LogP contribution in [0.2, 0.25) is 0 Å². The Morgan fingerprint density at radius 2 is 1.90 bits per heavy atom. The molecule has 20 heavy (non-hydrogen) atoms. The lowest BCUT2D eigenvalue weighted by Gasteiger charge is -2.34. The topological polar surface area (TPSA) is 49.3 Å². The third-order valence-electron chi connectivity index (χ3n) is 3.77. The molecule has 0 bridgehead atoms. The molecule has 0 saturated heterocycles. The number of aryl methyl sites for hydroxylation is 1. The molecule has 1 heterocycles. The second-order valence-corrected chi connectivity index (χ2v) is 6.90. The van der Waals surface area contributed by atoms with Crippen molar-refractivity contribution in [3.8, 4) is 0 Å². The second-order valence-electron chi connectivity index (χ2n) is 5.72. The number of amides is 1. The van der Waals surface area contributed by atoms with E-state index in [4.69, 9.17) is 0 Å². The average molecular weight is 296 g/mol. The van der Waals surface area contributed by atoms with Gasteiger partial charge in [-0.15, -0.1) is 10.2 Å². The molecule has 0 aliphatic heterocycles. The van der Waals surface area contributed by atoms with E-state index >= 15 is 0 Å². The molecule has 1 aliphatic carbocycles. The van der Waals surface area contributed by atoms with E-state index in [1.807, 2.05) is 25.9 Å². The Kier molecular flexibility index (Phi) is 5.48. The van der Waals surface area contributed by atoms with Gasteiger partial charge in [0.2, 0.25) is 5.01 Å². The smallest absolute Gasteiger partial charge is 0.285 e. The summed E-state index contributed by atoms with van der Waals surface area (Å²) in [7, 11) is 4.08. The van der Waals surface area contributed by atoms with Crippen LogP contribution in [-0.2, 0) is 0 Å². The van der Waals surface area contributed by atoms with Gasteiger partial charge in [-0.3, -0.25) is 4.79 Å². The number of nitrogens with zero attached hydrogens (tertiary/aromatic N) is 4. The van der Waals surface area contributed by atoms with Crippen LogP contribution in [0.5, 0.6) is 0 Å². The first-order valence-electron chi connectivity index (χ1n) is 7.33. The van der Waals surface area contributed by atoms with Gasteiger partial charge in [0.05, 0.1) is 0 Å². The molecular formula is C14H24N4OS. The maximum absolute atomic E-state index is 12.7. The van der Waals surface area contributed by atoms with E-state index < -0.39 is 0 Å². The standard InChI is InChI=1S/C14H24N4OS/c1-11-15-16-13(20-11)14(19)18(10-9-17(2)3)12-7-5-4-6-8-12/h12H,4-10H2,1-3H3. The third-order valence-corrected chi connectivity index (χ3v) is 4.60. The normalized spacial score (nSPS) is 16.6. The summed E-state index contributed by atoms with van der Waals surface area (Å²) in [5.74, 6) is 0.0596. The zero-order valence-electron chi connectivity index (χ0n) is 12.6. The molecule has 5 nitrogen and oxygen atoms in total. The number of hydrogen-bond acceptors (Lipinski definition) is 5. The number of likely N-dealkylation sites (N-methyl/N-ethyl adjacent to an activating group) is 1. The Morgan fingerprint density at radius 1 is 1.20 bits per heavy atom. The second kappa shape index (κ2) is 7.13. The van der Waals surface area contributed by atoms with Gasteiger partial charge in [-0.25, -0.2) is 0 Å². The van der Waals surface area contributed by atoms with E-state index in [1.165, 1.54) is 30.6 Å². The molecule has 1 aromatic rings. The Morgan fingerprint density at radius 3 is 2.45 bits per heavy atom. The van der Waals surface area contributed by atoms with Crippen molar-refractivity contribution >= 4 is 17.2 Å². The van der Waals surface area contributed by atoms with Gasteiger partial charge in [0, 0.05) is 19.1 Å². The summed E-state index contributed by atoms with van der Waals surface area (Å²) < 4.78 is 0. The van der Waals surface area contributed by atoms with Crippen molar-refractivity contribution in [2.24, 2.45) is 0 Å². The van der Waals surface area contributed by atoms with Crippen molar-refractivity contribution in [3.05, 3.63) is 10.0 Å². The van der Waals surface area contributed by atoms with Crippen LogP contribution in [0.25, 0.3) is 0 Å². The number of hydrogen-bond donors (Lipinski definition) is 0. The molecule has 0 radical (unpaired) electrons. The van der Waals surface area contributed by atoms with Crippen molar-refractivity contribution in [2.75, 3.05) is 27.2 Å². The number of rotatable bonds is 5. The molecule has 1 fully saturated rings. The highest BCUT2D eigenvalue weighted by Crippen LogP contribution is 2.24. The molecule has 1 saturated carbocycles. The molecule has 1 aliphatic rings. The predicted molar refractivity (Wildman–Crippen MR) is 81.1 cm³/mol. The molecule has 2 rings (SSSR count). The van der Waals surface area contributed by atoms with E-state index in [0.717, 1.165) is 30.9 Å². The minimum absolute atomic E-state index is 0.0596. The van der Waals surface area contributed by atoms with Crippen LogP contribution in [0.15, 0.2) is 0 Å². The Balaban J connectivity index is 2.09. The molecule has 0 spiro atoms. The summed E-state index contributed by atoms with van der Waals surface area (Å²) in [6, 6.07) is 0.375. The maximum Gasteiger partial charge on any atom is 0.285 e. The first-order valence-corrected chi connectivity index (χ1v) is 8.15. The van der Waals surface area contributed by atoms with Gasteiger partial charge in [0.25, 0.3) is 5.91 Å². The SMILES string of the molecule is Cc1nnc(C(=O)N(CCN(C)C)C2CCCCC2)s1. The summed E-state index contributed by atoms with van der Waals surface area (Å²) >= 11 is 1.40. The van der Waals surface area contributed by atoms with Crippen LogP contribution in [0.3, 0.4) is 0 Å². The van der Waals surface area contributed by atoms with Crippen LogP contribution < -0.4 is 0 Å². The Labute approximate surface area is 125 Å². The zero-order chi connectivity index (χ0) is 14.5. The quantitative estimate of drug-likeness (QED) is 0.835. The highest BCUT2D eigenvalue weighted by molar-refractivity contribution is 7.13. The molecule has 0 aromatic carbocycles. The lowest BCUT2D eigenvalue weighted by Crippen LogP contribution is -2.44. The fourth-order valence-electron chi connectivity index (χ4n) is 2.66. The van der Waals surface area contributed by atoms with Crippen LogP contribution in [-0.4, -0.2) is 59.1 Å². The summed E-state index contributed by atoms with van der Waals surface area (Å²) in [4.78, 5) is 16.8. The molecule has 0 unspecified atom stereocenters. The Hall–Kier alpha value is -1.01. The lowest BCUT2D eigenvalue weighted by atomic mass is 9.94. The van der Waals surface area contributed by atoms with E-state index in [-0.39, 0.29) is 5.91 Å². The number of aromatic nitrogens is 2. The largest absolute Gasteiger partial charge is 0.332 e. The van der Waals surface area contributed by atoms with E-state index in [2.05, 4.69) is 15.1 Å². The first-order chi connectivity index (χ1) is 9.58. The van der Waals surface area contributed by atoms with E-state index in [1.54, 1.807) is 0 Å². The number of carbonyl (C=O) groups excluding carboxylic acids is 1. The third kappa shape index (κ3) is 3.99. The van der Waals surface area contributed by atoms with Crippen LogP contribution in [0.1, 0.15) is 46.9 Å². The van der Waals surface area contributed by atoms with Gasteiger partial charge in [0.1, 0.15) is 5.01 Å². The van der Waals surface area contributed by atoms with Gasteiger partial charge >= 0.3 is 0 Å². The van der Waals surface area contributed by atoms with Gasteiger partial charge in [-0.05, 0) is 33.9 Å². The van der Waals surface area contributed by atoms with Crippen LogP contribution in [0.4, 0.5) is 0 Å². The minimum atomic E-state index is 0.0596. The van der Waals surface area contributed by atoms with E-state index in [0.29, 0.717) is 11.0 Å². The summed E-state index contributed by atoms with van der Waals surface area (Å²) in [6.07, 6.45) is 6.00. The zero-order valence-corrected chi connectivity index (χ0v) is 13.4. The fraction of sp³-hybridized carbons (Fsp3) is 0.786. The summed E-state index contributed by atoms with van der Waals surface area (Å²) in [6.45, 7) is 3.55. The van der Waals surface area contributed by atoms with Crippen molar-refractivity contribution in [1.82, 2.24) is 20.0 Å². The van der Waals surface area contributed by atoms with Crippen molar-refractivity contribution in [3.63, 3.8) is 0 Å². The van der Waals surface area contributed by atoms with E-state index in [9.17, 15) is 4.79 Å². The average Bonchev–Trinajstić information content (AvgIpc) is 2.86. The van der Waals surface area contributed by atoms with Gasteiger partial charge in [-0.2, -0.15) is 0 Å². The first kappa shape index (κ1) is 15.4. The molecule has 1 amide bonds. The van der Waals surface area contributed by atoms with Crippen LogP contribution >= 0.6 is 11.3 Å². The van der Waals surface area contributed by atoms with Gasteiger partial charge < -0.3 is 9.80 Å². The molecule has 0 atom stereocenters. The Bertz CT molecular complexity index is 440. The van der Waals surface area contributed by atoms with Gasteiger partial charge in [0.15, 0.2) is 0 Å². The summed E-state index contributed by atoms with van der Waals surface area (Å²) in [5.41, 5.74) is 0. The van der Waals surface area contributed by atoms with Crippen molar-refractivity contribution in [2.45, 2.75) is 45.1 Å². The molecule has 0 N–H and O–H groups in total. The lowest BCUT2D eigenvalue weighted by molar-refractivity contribution is 0.0617. The minimum Gasteiger partial charge on any atom is -0.332 e. The monoisotopic (exact) mass is 296 g/mol. The molecular weight excluding hydrogens is 272 g/mol.